The number of halogens is 3. The Morgan fingerprint density at radius 1 is 1.10 bits per heavy atom. The summed E-state index contributed by atoms with van der Waals surface area (Å²) in [5.74, 6) is -2.12. The van der Waals surface area contributed by atoms with Gasteiger partial charge in [-0.2, -0.15) is 13.2 Å². The molecule has 0 saturated carbocycles. The topological polar surface area (TPSA) is 65.2 Å². The van der Waals surface area contributed by atoms with E-state index in [2.05, 4.69) is 10.3 Å². The third-order valence-corrected chi connectivity index (χ3v) is 4.86. The fraction of sp³-hybridized carbons (Fsp3) is 0.273. The standard InChI is InChI=1S/C22H22F3N3O2/c1-3-28(21(30)22(23,24)25)13-15-7-6-8-16(11-15)27-20(29)12-18-14(2)26-19-10-5-4-9-17(18)19/h4-11,26H,3,12-13H2,1-2H3,(H,27,29). The zero-order chi connectivity index (χ0) is 21.9. The van der Waals surface area contributed by atoms with Gasteiger partial charge in [-0.25, -0.2) is 0 Å². The van der Waals surface area contributed by atoms with Gasteiger partial charge < -0.3 is 15.2 Å². The number of anilines is 1. The normalized spacial score (nSPS) is 11.5. The maximum atomic E-state index is 12.7. The van der Waals surface area contributed by atoms with Crippen LogP contribution >= 0.6 is 0 Å². The molecule has 3 rings (SSSR count). The first kappa shape index (κ1) is 21.4. The van der Waals surface area contributed by atoms with Crippen LogP contribution in [0.15, 0.2) is 48.5 Å². The van der Waals surface area contributed by atoms with Crippen LogP contribution in [0, 0.1) is 6.92 Å². The summed E-state index contributed by atoms with van der Waals surface area (Å²) in [6.07, 6.45) is -4.76. The lowest BCUT2D eigenvalue weighted by Gasteiger charge is -2.22. The van der Waals surface area contributed by atoms with Crippen LogP contribution < -0.4 is 5.32 Å². The predicted octanol–water partition coefficient (Wildman–Crippen LogP) is 4.57. The number of benzene rings is 2. The van der Waals surface area contributed by atoms with E-state index in [1.54, 1.807) is 24.3 Å². The van der Waals surface area contributed by atoms with Crippen LogP contribution in [0.2, 0.25) is 0 Å². The maximum absolute atomic E-state index is 12.7. The minimum Gasteiger partial charge on any atom is -0.358 e. The molecule has 0 radical (unpaired) electrons. The van der Waals surface area contributed by atoms with Crippen LogP contribution in [-0.2, 0) is 22.6 Å². The number of nitrogens with one attached hydrogen (secondary N) is 2. The molecule has 158 valence electrons. The predicted molar refractivity (Wildman–Crippen MR) is 109 cm³/mol. The number of carbonyl (C=O) groups is 2. The highest BCUT2D eigenvalue weighted by molar-refractivity contribution is 5.96. The summed E-state index contributed by atoms with van der Waals surface area (Å²) in [4.78, 5) is 28.0. The molecule has 0 unspecified atom stereocenters. The molecule has 1 heterocycles. The monoisotopic (exact) mass is 417 g/mol. The van der Waals surface area contributed by atoms with Crippen molar-refractivity contribution in [3.8, 4) is 0 Å². The number of aromatic nitrogens is 1. The van der Waals surface area contributed by atoms with Crippen molar-refractivity contribution in [3.05, 3.63) is 65.4 Å². The van der Waals surface area contributed by atoms with Crippen LogP contribution in [0.5, 0.6) is 0 Å². The number of carbonyl (C=O) groups excluding carboxylic acids is 2. The second-order valence-corrected chi connectivity index (χ2v) is 7.02. The van der Waals surface area contributed by atoms with E-state index in [-0.39, 0.29) is 25.4 Å². The average molecular weight is 417 g/mol. The van der Waals surface area contributed by atoms with Crippen LogP contribution in [-0.4, -0.2) is 34.4 Å². The van der Waals surface area contributed by atoms with E-state index in [0.717, 1.165) is 27.1 Å². The number of alkyl halides is 3. The Labute approximate surface area is 171 Å². The molecular formula is C22H22F3N3O2. The molecular weight excluding hydrogens is 395 g/mol. The second-order valence-electron chi connectivity index (χ2n) is 7.02. The Morgan fingerprint density at radius 3 is 2.53 bits per heavy atom. The SMILES string of the molecule is CCN(Cc1cccc(NC(=O)Cc2c(C)[nH]c3ccccc23)c1)C(=O)C(F)(F)F. The molecule has 0 aliphatic heterocycles. The molecule has 30 heavy (non-hydrogen) atoms. The van der Waals surface area contributed by atoms with E-state index >= 15 is 0 Å². The molecule has 3 aromatic rings. The molecule has 2 amide bonds. The first-order valence-electron chi connectivity index (χ1n) is 9.50. The number of nitrogens with zero attached hydrogens (tertiary/aromatic N) is 1. The van der Waals surface area contributed by atoms with E-state index in [4.69, 9.17) is 0 Å². The lowest BCUT2D eigenvalue weighted by atomic mass is 10.1. The Bertz CT molecular complexity index is 1070. The Balaban J connectivity index is 1.71. The average Bonchev–Trinajstić information content (AvgIpc) is 3.00. The molecule has 0 atom stereocenters. The summed E-state index contributed by atoms with van der Waals surface area (Å²) >= 11 is 0. The third kappa shape index (κ3) is 4.82. The molecule has 0 fully saturated rings. The maximum Gasteiger partial charge on any atom is 0.471 e. The van der Waals surface area contributed by atoms with Gasteiger partial charge in [0.1, 0.15) is 0 Å². The van der Waals surface area contributed by atoms with Crippen molar-refractivity contribution in [1.82, 2.24) is 9.88 Å². The Hall–Kier alpha value is -3.29. The van der Waals surface area contributed by atoms with Gasteiger partial charge in [0, 0.05) is 35.4 Å². The van der Waals surface area contributed by atoms with Crippen LogP contribution in [0.4, 0.5) is 18.9 Å². The summed E-state index contributed by atoms with van der Waals surface area (Å²) in [6, 6.07) is 14.2. The van der Waals surface area contributed by atoms with Crippen molar-refractivity contribution < 1.29 is 22.8 Å². The lowest BCUT2D eigenvalue weighted by molar-refractivity contribution is -0.185. The highest BCUT2D eigenvalue weighted by Gasteiger charge is 2.41. The molecule has 0 aliphatic carbocycles. The summed E-state index contributed by atoms with van der Waals surface area (Å²) in [7, 11) is 0. The largest absolute Gasteiger partial charge is 0.471 e. The van der Waals surface area contributed by atoms with E-state index in [0.29, 0.717) is 11.3 Å². The highest BCUT2D eigenvalue weighted by atomic mass is 19.4. The molecule has 0 saturated heterocycles. The zero-order valence-electron chi connectivity index (χ0n) is 16.6. The van der Waals surface area contributed by atoms with Crippen molar-refractivity contribution in [1.29, 1.82) is 0 Å². The van der Waals surface area contributed by atoms with E-state index in [1.807, 2.05) is 31.2 Å². The molecule has 0 bridgehead atoms. The zero-order valence-corrected chi connectivity index (χ0v) is 16.6. The van der Waals surface area contributed by atoms with Gasteiger partial charge in [-0.15, -0.1) is 0 Å². The van der Waals surface area contributed by atoms with Crippen molar-refractivity contribution in [2.75, 3.05) is 11.9 Å². The summed E-state index contributed by atoms with van der Waals surface area (Å²) in [5.41, 5.74) is 3.71. The molecule has 5 nitrogen and oxygen atoms in total. The Kier molecular flexibility index (Phi) is 6.14. The molecule has 8 heteroatoms. The van der Waals surface area contributed by atoms with Gasteiger partial charge in [-0.3, -0.25) is 9.59 Å². The summed E-state index contributed by atoms with van der Waals surface area (Å²) < 4.78 is 38.1. The number of aromatic amines is 1. The third-order valence-electron chi connectivity index (χ3n) is 4.86. The highest BCUT2D eigenvalue weighted by Crippen LogP contribution is 2.23. The van der Waals surface area contributed by atoms with E-state index < -0.39 is 12.1 Å². The number of rotatable bonds is 6. The van der Waals surface area contributed by atoms with Gasteiger partial charge in [0.25, 0.3) is 0 Å². The number of hydrogen-bond donors (Lipinski definition) is 2. The number of aryl methyl sites for hydroxylation is 1. The van der Waals surface area contributed by atoms with Gasteiger partial charge in [0.15, 0.2) is 0 Å². The van der Waals surface area contributed by atoms with Gasteiger partial charge >= 0.3 is 12.1 Å². The lowest BCUT2D eigenvalue weighted by Crippen LogP contribution is -2.40. The minimum atomic E-state index is -4.92. The number of hydrogen-bond acceptors (Lipinski definition) is 2. The van der Waals surface area contributed by atoms with Crippen LogP contribution in [0.25, 0.3) is 10.9 Å². The number of para-hydroxylation sites is 1. The number of fused-ring (bicyclic) bond motifs is 1. The number of H-pyrrole nitrogens is 1. The molecule has 1 aromatic heterocycles. The van der Waals surface area contributed by atoms with Crippen molar-refractivity contribution in [2.45, 2.75) is 33.0 Å². The van der Waals surface area contributed by atoms with Crippen LogP contribution in [0.1, 0.15) is 23.7 Å². The first-order valence-corrected chi connectivity index (χ1v) is 9.50. The van der Waals surface area contributed by atoms with Crippen molar-refractivity contribution in [3.63, 3.8) is 0 Å². The van der Waals surface area contributed by atoms with Crippen molar-refractivity contribution >= 4 is 28.4 Å². The van der Waals surface area contributed by atoms with Gasteiger partial charge in [0.2, 0.25) is 5.91 Å². The van der Waals surface area contributed by atoms with Crippen molar-refractivity contribution in [2.24, 2.45) is 0 Å². The fourth-order valence-electron chi connectivity index (χ4n) is 3.40. The quantitative estimate of drug-likeness (QED) is 0.617. The molecule has 0 spiro atoms. The molecule has 2 N–H and O–H groups in total. The summed E-state index contributed by atoms with van der Waals surface area (Å²) in [6.45, 7) is 3.12. The fourth-order valence-corrected chi connectivity index (χ4v) is 3.40. The minimum absolute atomic E-state index is 0.0746. The van der Waals surface area contributed by atoms with Crippen LogP contribution in [0.3, 0.4) is 0 Å². The van der Waals surface area contributed by atoms with Gasteiger partial charge in [0.05, 0.1) is 6.42 Å². The first-order chi connectivity index (χ1) is 14.2. The number of amides is 2. The smallest absolute Gasteiger partial charge is 0.358 e. The van der Waals surface area contributed by atoms with E-state index in [1.165, 1.54) is 6.92 Å². The molecule has 2 aromatic carbocycles. The van der Waals surface area contributed by atoms with E-state index in [9.17, 15) is 22.8 Å². The van der Waals surface area contributed by atoms with Gasteiger partial charge in [-0.05, 0) is 43.2 Å². The second kappa shape index (κ2) is 8.61. The van der Waals surface area contributed by atoms with Gasteiger partial charge in [-0.1, -0.05) is 30.3 Å². The Morgan fingerprint density at radius 2 is 1.83 bits per heavy atom. The summed E-state index contributed by atoms with van der Waals surface area (Å²) in [5, 5.41) is 3.76. The molecule has 0 aliphatic rings.